The number of methoxy groups -OCH3 is 1. The molecule has 1 N–H and O–H groups in total. The average molecular weight is 417 g/mol. The molecule has 0 saturated carbocycles. The zero-order valence-corrected chi connectivity index (χ0v) is 17.2. The molecular weight excluding hydrogens is 396 g/mol. The van der Waals surface area contributed by atoms with Gasteiger partial charge in [-0.3, -0.25) is 9.36 Å². The Hall–Kier alpha value is -3.58. The van der Waals surface area contributed by atoms with E-state index in [0.29, 0.717) is 5.16 Å². The highest BCUT2D eigenvalue weighted by Crippen LogP contribution is 2.28. The lowest BCUT2D eigenvalue weighted by atomic mass is 10.0. The highest BCUT2D eigenvalue weighted by molar-refractivity contribution is 7.99. The summed E-state index contributed by atoms with van der Waals surface area (Å²) in [6, 6.07) is 25.3. The molecule has 1 aromatic heterocycles. The Bertz CT molecular complexity index is 1130. The highest BCUT2D eigenvalue weighted by atomic mass is 32.2. The van der Waals surface area contributed by atoms with E-state index in [1.807, 2.05) is 83.4 Å². The maximum absolute atomic E-state index is 12.6. The smallest absolute Gasteiger partial charge is 0.234 e. The molecule has 1 heterocycles. The third-order valence-electron chi connectivity index (χ3n) is 4.49. The van der Waals surface area contributed by atoms with Crippen molar-refractivity contribution >= 4 is 23.4 Å². The molecule has 0 aliphatic carbocycles. The number of aromatic nitrogens is 3. The molecule has 0 radical (unpaired) electrons. The summed E-state index contributed by atoms with van der Waals surface area (Å²) in [5, 5.41) is 11.8. The fourth-order valence-electron chi connectivity index (χ4n) is 3.02. The molecule has 7 heteroatoms. The Kier molecular flexibility index (Phi) is 6.10. The van der Waals surface area contributed by atoms with Crippen molar-refractivity contribution in [2.24, 2.45) is 0 Å². The molecule has 0 bridgehead atoms. The molecular formula is C23H20N4O2S. The Morgan fingerprint density at radius 1 is 1.00 bits per heavy atom. The number of anilines is 1. The van der Waals surface area contributed by atoms with Gasteiger partial charge in [0.25, 0.3) is 0 Å². The standard InChI is InChI=1S/C23H20N4O2S/c1-29-19-13-11-18(12-14-19)27-16-24-26-23(27)30-15-22(28)25-21-10-6-5-9-20(21)17-7-3-2-4-8-17/h2-14,16H,15H2,1H3,(H,25,28). The van der Waals surface area contributed by atoms with Crippen molar-refractivity contribution in [3.05, 3.63) is 85.2 Å². The second kappa shape index (κ2) is 9.28. The van der Waals surface area contributed by atoms with Crippen molar-refractivity contribution < 1.29 is 9.53 Å². The molecule has 0 spiro atoms. The first kappa shape index (κ1) is 19.7. The summed E-state index contributed by atoms with van der Waals surface area (Å²) in [6.07, 6.45) is 1.63. The minimum atomic E-state index is -0.104. The number of hydrogen-bond donors (Lipinski definition) is 1. The van der Waals surface area contributed by atoms with Crippen LogP contribution in [0.3, 0.4) is 0 Å². The van der Waals surface area contributed by atoms with E-state index in [1.54, 1.807) is 13.4 Å². The van der Waals surface area contributed by atoms with Gasteiger partial charge in [-0.1, -0.05) is 60.3 Å². The summed E-state index contributed by atoms with van der Waals surface area (Å²) in [5.41, 5.74) is 3.72. The van der Waals surface area contributed by atoms with Crippen LogP contribution in [0, 0.1) is 0 Å². The summed E-state index contributed by atoms with van der Waals surface area (Å²) in [6.45, 7) is 0. The Morgan fingerprint density at radius 2 is 1.73 bits per heavy atom. The summed E-state index contributed by atoms with van der Waals surface area (Å²) >= 11 is 1.33. The Labute approximate surface area is 178 Å². The van der Waals surface area contributed by atoms with Crippen molar-refractivity contribution in [3.63, 3.8) is 0 Å². The molecule has 0 aliphatic heterocycles. The third-order valence-corrected chi connectivity index (χ3v) is 5.43. The highest BCUT2D eigenvalue weighted by Gasteiger charge is 2.12. The van der Waals surface area contributed by atoms with Crippen molar-refractivity contribution in [2.45, 2.75) is 5.16 Å². The maximum atomic E-state index is 12.6. The van der Waals surface area contributed by atoms with Crippen LogP contribution in [-0.4, -0.2) is 33.5 Å². The minimum Gasteiger partial charge on any atom is -0.497 e. The first-order valence-corrected chi connectivity index (χ1v) is 10.3. The monoisotopic (exact) mass is 416 g/mol. The molecule has 6 nitrogen and oxygen atoms in total. The predicted molar refractivity (Wildman–Crippen MR) is 119 cm³/mol. The van der Waals surface area contributed by atoms with Gasteiger partial charge in [-0.2, -0.15) is 0 Å². The van der Waals surface area contributed by atoms with Gasteiger partial charge >= 0.3 is 0 Å². The third kappa shape index (κ3) is 4.52. The Morgan fingerprint density at radius 3 is 2.50 bits per heavy atom. The largest absolute Gasteiger partial charge is 0.497 e. The SMILES string of the molecule is COc1ccc(-n2cnnc2SCC(=O)Nc2ccccc2-c2ccccc2)cc1. The number of carbonyl (C=O) groups is 1. The van der Waals surface area contributed by atoms with Crippen molar-refractivity contribution in [1.82, 2.24) is 14.8 Å². The normalized spacial score (nSPS) is 10.6. The molecule has 0 atom stereocenters. The predicted octanol–water partition coefficient (Wildman–Crippen LogP) is 4.67. The van der Waals surface area contributed by atoms with E-state index < -0.39 is 0 Å². The van der Waals surface area contributed by atoms with Gasteiger partial charge in [-0.25, -0.2) is 0 Å². The lowest BCUT2D eigenvalue weighted by Gasteiger charge is -2.11. The average Bonchev–Trinajstić information content (AvgIpc) is 3.27. The van der Waals surface area contributed by atoms with Crippen molar-refractivity contribution in [3.8, 4) is 22.6 Å². The molecule has 1 amide bonds. The quantitative estimate of drug-likeness (QED) is 0.443. The minimum absolute atomic E-state index is 0.104. The second-order valence-corrected chi connectivity index (χ2v) is 7.37. The van der Waals surface area contributed by atoms with E-state index >= 15 is 0 Å². The summed E-state index contributed by atoms with van der Waals surface area (Å²) in [4.78, 5) is 12.6. The first-order valence-electron chi connectivity index (χ1n) is 9.36. The van der Waals surface area contributed by atoms with Gasteiger partial charge in [-0.05, 0) is 35.9 Å². The summed E-state index contributed by atoms with van der Waals surface area (Å²) in [5.74, 6) is 0.892. The number of carbonyl (C=O) groups excluding carboxylic acids is 1. The van der Waals surface area contributed by atoms with Crippen LogP contribution in [0.5, 0.6) is 5.75 Å². The summed E-state index contributed by atoms with van der Waals surface area (Å²) < 4.78 is 7.04. The summed E-state index contributed by atoms with van der Waals surface area (Å²) in [7, 11) is 1.63. The van der Waals surface area contributed by atoms with Crippen LogP contribution < -0.4 is 10.1 Å². The van der Waals surface area contributed by atoms with E-state index in [4.69, 9.17) is 4.74 Å². The van der Waals surface area contributed by atoms with Gasteiger partial charge < -0.3 is 10.1 Å². The molecule has 3 aromatic carbocycles. The van der Waals surface area contributed by atoms with E-state index in [-0.39, 0.29) is 11.7 Å². The number of thioether (sulfide) groups is 1. The number of benzene rings is 3. The van der Waals surface area contributed by atoms with Crippen molar-refractivity contribution in [2.75, 3.05) is 18.2 Å². The van der Waals surface area contributed by atoms with Gasteiger partial charge in [0.05, 0.1) is 12.9 Å². The zero-order valence-electron chi connectivity index (χ0n) is 16.4. The fourth-order valence-corrected chi connectivity index (χ4v) is 3.75. The molecule has 0 fully saturated rings. The van der Waals surface area contributed by atoms with Crippen molar-refractivity contribution in [1.29, 1.82) is 0 Å². The topological polar surface area (TPSA) is 69.0 Å². The molecule has 4 rings (SSSR count). The van der Waals surface area contributed by atoms with E-state index in [0.717, 1.165) is 28.3 Å². The first-order chi connectivity index (χ1) is 14.7. The van der Waals surface area contributed by atoms with E-state index in [2.05, 4.69) is 15.5 Å². The zero-order chi connectivity index (χ0) is 20.8. The molecule has 30 heavy (non-hydrogen) atoms. The number of ether oxygens (including phenoxy) is 1. The van der Waals surface area contributed by atoms with Gasteiger partial charge in [0, 0.05) is 16.9 Å². The molecule has 150 valence electrons. The number of nitrogens with one attached hydrogen (secondary N) is 1. The fraction of sp³-hybridized carbons (Fsp3) is 0.0870. The maximum Gasteiger partial charge on any atom is 0.234 e. The Balaban J connectivity index is 1.44. The van der Waals surface area contributed by atoms with Crippen LogP contribution in [-0.2, 0) is 4.79 Å². The van der Waals surface area contributed by atoms with Crippen LogP contribution in [0.2, 0.25) is 0 Å². The van der Waals surface area contributed by atoms with Gasteiger partial charge in [-0.15, -0.1) is 10.2 Å². The van der Waals surface area contributed by atoms with Crippen LogP contribution in [0.4, 0.5) is 5.69 Å². The molecule has 0 unspecified atom stereocenters. The lowest BCUT2D eigenvalue weighted by molar-refractivity contribution is -0.113. The van der Waals surface area contributed by atoms with E-state index in [1.165, 1.54) is 11.8 Å². The molecule has 0 saturated heterocycles. The van der Waals surface area contributed by atoms with Gasteiger partial charge in [0.2, 0.25) is 5.91 Å². The van der Waals surface area contributed by atoms with Crippen LogP contribution in [0.15, 0.2) is 90.3 Å². The van der Waals surface area contributed by atoms with Gasteiger partial charge in [0.15, 0.2) is 5.16 Å². The van der Waals surface area contributed by atoms with E-state index in [9.17, 15) is 4.79 Å². The van der Waals surface area contributed by atoms with Crippen LogP contribution in [0.25, 0.3) is 16.8 Å². The number of rotatable bonds is 7. The molecule has 4 aromatic rings. The van der Waals surface area contributed by atoms with Crippen LogP contribution >= 0.6 is 11.8 Å². The van der Waals surface area contributed by atoms with Crippen LogP contribution in [0.1, 0.15) is 0 Å². The molecule has 0 aliphatic rings. The number of amides is 1. The number of nitrogens with zero attached hydrogens (tertiary/aromatic N) is 3. The lowest BCUT2D eigenvalue weighted by Crippen LogP contribution is -2.15. The van der Waals surface area contributed by atoms with Gasteiger partial charge in [0.1, 0.15) is 12.1 Å². The number of para-hydroxylation sites is 1. The second-order valence-electron chi connectivity index (χ2n) is 6.43. The number of hydrogen-bond acceptors (Lipinski definition) is 5.